The highest BCUT2D eigenvalue weighted by Gasteiger charge is 2.35. The third kappa shape index (κ3) is 5.08. The number of hydrogen-bond donors (Lipinski definition) is 0. The molecule has 246 valence electrons. The zero-order valence-corrected chi connectivity index (χ0v) is 28.2. The van der Waals surface area contributed by atoms with Gasteiger partial charge in [0.2, 0.25) is 0 Å². The summed E-state index contributed by atoms with van der Waals surface area (Å²) < 4.78 is 119. The molecule has 0 amide bonds. The van der Waals surface area contributed by atoms with Gasteiger partial charge in [0.15, 0.2) is 5.82 Å². The van der Waals surface area contributed by atoms with Crippen LogP contribution < -0.4 is 0 Å². The van der Waals surface area contributed by atoms with Gasteiger partial charge in [-0.2, -0.15) is 0 Å². The topological polar surface area (TPSA) is 25.8 Å². The van der Waals surface area contributed by atoms with Crippen LogP contribution in [0.4, 0.5) is 0 Å². The number of hydrogen-bond acceptors (Lipinski definition) is 3. The lowest BCUT2D eigenvalue weighted by Crippen LogP contribution is -2.14. The van der Waals surface area contributed by atoms with Gasteiger partial charge in [-0.05, 0) is 93.0 Å². The first-order chi connectivity index (χ1) is 30.9. The fraction of sp³-hybridized carbons (Fsp3) is 0.0612. The second-order valence-corrected chi connectivity index (χ2v) is 13.9. The Bertz CT molecular complexity index is 3420. The Labute approximate surface area is 326 Å². The third-order valence-corrected chi connectivity index (χ3v) is 10.7. The summed E-state index contributed by atoms with van der Waals surface area (Å²) in [5, 5.41) is 2.25. The van der Waals surface area contributed by atoms with Crippen LogP contribution in [0.25, 0.3) is 87.5 Å². The highest BCUT2D eigenvalue weighted by Crippen LogP contribution is 2.49. The van der Waals surface area contributed by atoms with E-state index in [0.717, 1.165) is 37.7 Å². The molecule has 0 aliphatic heterocycles. The van der Waals surface area contributed by atoms with Gasteiger partial charge in [-0.25, -0.2) is 9.97 Å². The Morgan fingerprint density at radius 3 is 1.96 bits per heavy atom. The first-order valence-corrected chi connectivity index (χ1v) is 17.6. The molecule has 10 rings (SSSR count). The lowest BCUT2D eigenvalue weighted by atomic mass is 9.82. The number of rotatable bonds is 5. The molecule has 3 heteroatoms. The molecule has 0 unspecified atom stereocenters. The van der Waals surface area contributed by atoms with Crippen molar-refractivity contribution in [3.05, 3.63) is 181 Å². The highest BCUT2D eigenvalue weighted by atomic mass is 32.1. The largest absolute Gasteiger partial charge is 0.228 e. The van der Waals surface area contributed by atoms with Crippen molar-refractivity contribution in [2.75, 3.05) is 0 Å². The summed E-state index contributed by atoms with van der Waals surface area (Å²) in [6.07, 6.45) is 0. The second kappa shape index (κ2) is 12.0. The monoisotopic (exact) mass is 695 g/mol. The SMILES string of the molecule is [2H]c1c([2H])c([2H])c2c(c1[2H])-c1c([2H])c([2H])c(-c3cc(-c4cc(-c5ccccc5)cc(-c5ccc6sc7ccccc7c6c5)c4)nc(-c4ccccc4)n3)c([2H])c1C2(C([2H])([2H])[2H])C([2H])([2H])[2H]. The zero-order chi connectivity index (χ0) is 45.9. The van der Waals surface area contributed by atoms with Crippen molar-refractivity contribution in [3.8, 4) is 67.3 Å². The molecular weight excluding hydrogens is 649 g/mol. The van der Waals surface area contributed by atoms with E-state index in [4.69, 9.17) is 23.7 Å². The fourth-order valence-corrected chi connectivity index (χ4v) is 8.08. The predicted octanol–water partition coefficient (Wildman–Crippen LogP) is 13.5. The summed E-state index contributed by atoms with van der Waals surface area (Å²) in [6.45, 7) is -7.09. The van der Waals surface area contributed by atoms with Crippen LogP contribution in [0.1, 0.15) is 42.7 Å². The smallest absolute Gasteiger partial charge is 0.160 e. The molecule has 2 heterocycles. The van der Waals surface area contributed by atoms with Gasteiger partial charge in [-0.3, -0.25) is 0 Å². The summed E-state index contributed by atoms with van der Waals surface area (Å²) in [7, 11) is 0. The van der Waals surface area contributed by atoms with Crippen molar-refractivity contribution in [3.63, 3.8) is 0 Å². The Balaban J connectivity index is 1.27. The van der Waals surface area contributed by atoms with E-state index in [2.05, 4.69) is 36.4 Å². The van der Waals surface area contributed by atoms with E-state index in [1.54, 1.807) is 35.6 Å². The van der Waals surface area contributed by atoms with Gasteiger partial charge in [-0.1, -0.05) is 135 Å². The molecule has 1 aliphatic carbocycles. The van der Waals surface area contributed by atoms with Gasteiger partial charge in [-0.15, -0.1) is 11.3 Å². The van der Waals surface area contributed by atoms with Crippen molar-refractivity contribution in [2.24, 2.45) is 0 Å². The zero-order valence-electron chi connectivity index (χ0n) is 40.4. The molecular formula is C49H34N2S. The molecule has 9 aromatic rings. The van der Waals surface area contributed by atoms with Crippen LogP contribution in [0.2, 0.25) is 0 Å². The van der Waals surface area contributed by atoms with Crippen LogP contribution in [-0.4, -0.2) is 9.97 Å². The van der Waals surface area contributed by atoms with Crippen LogP contribution in [0.3, 0.4) is 0 Å². The summed E-state index contributed by atoms with van der Waals surface area (Å²) in [4.78, 5) is 9.88. The standard InChI is InChI=1S/C49H34N2S/c1-49(2)42-19-11-9-17-38(42)39-23-21-34(29-43(39)49)44-30-45(51-48(50-44)32-15-7-4-8-16-32)37-26-35(31-13-5-3-6-14-31)25-36(27-37)33-22-24-47-41(28-33)40-18-10-12-20-46(40)52-47/h3-30H,1-2H3/i1D3,2D3,9D,11D,17D,19D,21D,23D,29D. The van der Waals surface area contributed by atoms with Crippen molar-refractivity contribution >= 4 is 31.5 Å². The molecule has 0 saturated heterocycles. The third-order valence-electron chi connectivity index (χ3n) is 9.56. The maximum Gasteiger partial charge on any atom is 0.160 e. The van der Waals surface area contributed by atoms with E-state index in [9.17, 15) is 4.11 Å². The molecule has 7 aromatic carbocycles. The molecule has 2 aromatic heterocycles. The summed E-state index contributed by atoms with van der Waals surface area (Å²) >= 11 is 1.72. The Kier molecular flexibility index (Phi) is 4.61. The van der Waals surface area contributed by atoms with Crippen LogP contribution in [0.15, 0.2) is 170 Å². The number of thiophene rings is 1. The lowest BCUT2D eigenvalue weighted by molar-refractivity contribution is 0.660. The van der Waals surface area contributed by atoms with Gasteiger partial charge < -0.3 is 0 Å². The first kappa shape index (κ1) is 20.0. The molecule has 0 fully saturated rings. The quantitative estimate of drug-likeness (QED) is 0.179. The maximum absolute atomic E-state index is 9.82. The first-order valence-electron chi connectivity index (χ1n) is 23.2. The fourth-order valence-electron chi connectivity index (χ4n) is 6.99. The van der Waals surface area contributed by atoms with Crippen LogP contribution >= 0.6 is 11.3 Å². The van der Waals surface area contributed by atoms with Gasteiger partial charge in [0, 0.05) is 50.5 Å². The van der Waals surface area contributed by atoms with Crippen LogP contribution in [0, 0.1) is 0 Å². The minimum Gasteiger partial charge on any atom is -0.228 e. The Morgan fingerprint density at radius 1 is 0.500 bits per heavy atom. The number of benzene rings is 7. The van der Waals surface area contributed by atoms with E-state index in [0.29, 0.717) is 16.8 Å². The Morgan fingerprint density at radius 2 is 1.15 bits per heavy atom. The average Bonchev–Trinajstić information content (AvgIpc) is 3.85. The predicted molar refractivity (Wildman–Crippen MR) is 220 cm³/mol. The summed E-state index contributed by atoms with van der Waals surface area (Å²) in [5.74, 6) is 0.169. The molecule has 52 heavy (non-hydrogen) atoms. The lowest BCUT2D eigenvalue weighted by Gasteiger charge is -2.22. The summed E-state index contributed by atoms with van der Waals surface area (Å²) in [6, 6.07) is 35.6. The number of aromatic nitrogens is 2. The maximum atomic E-state index is 9.82. The van der Waals surface area contributed by atoms with Crippen LogP contribution in [-0.2, 0) is 5.41 Å². The van der Waals surface area contributed by atoms with Crippen molar-refractivity contribution in [2.45, 2.75) is 19.1 Å². The molecule has 0 bridgehead atoms. The molecule has 1 aliphatic rings. The van der Waals surface area contributed by atoms with Crippen molar-refractivity contribution in [1.82, 2.24) is 9.97 Å². The van der Waals surface area contributed by atoms with E-state index in [-0.39, 0.29) is 17.1 Å². The second-order valence-electron chi connectivity index (χ2n) is 12.8. The summed E-state index contributed by atoms with van der Waals surface area (Å²) in [5.41, 5.74) is -0.991. The minimum absolute atomic E-state index is 0.0709. The van der Waals surface area contributed by atoms with Crippen molar-refractivity contribution < 1.29 is 17.8 Å². The molecule has 0 atom stereocenters. The van der Waals surface area contributed by atoms with Crippen molar-refractivity contribution in [1.29, 1.82) is 0 Å². The van der Waals surface area contributed by atoms with E-state index < -0.39 is 83.7 Å². The highest BCUT2D eigenvalue weighted by molar-refractivity contribution is 7.25. The normalized spacial score (nSPS) is 17.0. The van der Waals surface area contributed by atoms with Gasteiger partial charge >= 0.3 is 0 Å². The molecule has 0 N–H and O–H groups in total. The van der Waals surface area contributed by atoms with E-state index >= 15 is 0 Å². The van der Waals surface area contributed by atoms with E-state index in [1.807, 2.05) is 60.7 Å². The molecule has 0 radical (unpaired) electrons. The van der Waals surface area contributed by atoms with Gasteiger partial charge in [0.1, 0.15) is 0 Å². The molecule has 0 spiro atoms. The minimum atomic E-state index is -3.54. The average molecular weight is 696 g/mol. The van der Waals surface area contributed by atoms with Crippen LogP contribution in [0.5, 0.6) is 0 Å². The molecule has 2 nitrogen and oxygen atoms in total. The Hall–Kier alpha value is -6.16. The number of fused-ring (bicyclic) bond motifs is 6. The van der Waals surface area contributed by atoms with Gasteiger partial charge in [0.25, 0.3) is 0 Å². The molecule has 0 saturated carbocycles. The number of nitrogens with zero attached hydrogens (tertiary/aromatic N) is 2. The van der Waals surface area contributed by atoms with Gasteiger partial charge in [0.05, 0.1) is 21.0 Å². The van der Waals surface area contributed by atoms with E-state index in [1.165, 1.54) is 10.8 Å².